The average Bonchev–Trinajstić information content (AvgIpc) is 2.66. The third kappa shape index (κ3) is 7.61. The van der Waals surface area contributed by atoms with Crippen LogP contribution in [-0.2, 0) is 19.1 Å². The lowest BCUT2D eigenvalue weighted by Crippen LogP contribution is -2.25. The second kappa shape index (κ2) is 11.1. The van der Waals surface area contributed by atoms with E-state index in [9.17, 15) is 19.2 Å². The number of ether oxygens (including phenoxy) is 6. The Kier molecular flexibility index (Phi) is 8.88. The Bertz CT molecular complexity index is 896. The quantitative estimate of drug-likeness (QED) is 0.311. The standard InChI is InChI=1S/C19H22N2O10/c1-6-13(22)26-10(4)28-15-9(3)8-12(30-18(20)24)16(31-19(21)25)17(15)29-11(5)27-14(23)7-2/h6-8,10-11H,1-2H2,3-5H3,(H2,20,24)(H2,21,25). The van der Waals surface area contributed by atoms with Crippen molar-refractivity contribution < 1.29 is 47.6 Å². The number of rotatable bonds is 10. The molecule has 12 heteroatoms. The molecule has 12 nitrogen and oxygen atoms in total. The molecule has 2 atom stereocenters. The van der Waals surface area contributed by atoms with Crippen molar-refractivity contribution in [1.29, 1.82) is 0 Å². The molecule has 0 saturated carbocycles. The van der Waals surface area contributed by atoms with Crippen molar-refractivity contribution in [2.24, 2.45) is 11.5 Å². The van der Waals surface area contributed by atoms with Gasteiger partial charge in [-0.3, -0.25) is 0 Å². The van der Waals surface area contributed by atoms with Crippen LogP contribution in [0.1, 0.15) is 19.4 Å². The highest BCUT2D eigenvalue weighted by Gasteiger charge is 2.28. The lowest BCUT2D eigenvalue weighted by Gasteiger charge is -2.24. The van der Waals surface area contributed by atoms with E-state index in [0.717, 1.165) is 12.2 Å². The monoisotopic (exact) mass is 438 g/mol. The van der Waals surface area contributed by atoms with E-state index in [1.165, 1.54) is 26.8 Å². The highest BCUT2D eigenvalue weighted by molar-refractivity contribution is 5.82. The summed E-state index contributed by atoms with van der Waals surface area (Å²) in [6, 6.07) is 1.23. The van der Waals surface area contributed by atoms with Gasteiger partial charge in [0.2, 0.25) is 24.1 Å². The van der Waals surface area contributed by atoms with Gasteiger partial charge in [-0.2, -0.15) is 0 Å². The molecule has 0 saturated heterocycles. The van der Waals surface area contributed by atoms with Crippen molar-refractivity contribution in [3.05, 3.63) is 36.9 Å². The van der Waals surface area contributed by atoms with Crippen molar-refractivity contribution in [3.8, 4) is 23.0 Å². The Morgan fingerprint density at radius 2 is 1.29 bits per heavy atom. The maximum Gasteiger partial charge on any atom is 0.410 e. The van der Waals surface area contributed by atoms with E-state index in [4.69, 9.17) is 39.9 Å². The minimum absolute atomic E-state index is 0.112. The van der Waals surface area contributed by atoms with Gasteiger partial charge in [0, 0.05) is 26.0 Å². The van der Waals surface area contributed by atoms with Crippen LogP contribution in [0.3, 0.4) is 0 Å². The fourth-order valence-electron chi connectivity index (χ4n) is 2.16. The van der Waals surface area contributed by atoms with Crippen molar-refractivity contribution in [2.45, 2.75) is 33.4 Å². The summed E-state index contributed by atoms with van der Waals surface area (Å²) in [5.41, 5.74) is 10.4. The SMILES string of the molecule is C=CC(=O)OC(C)Oc1c(C)cc(OC(N)=O)c(OC(N)=O)c1OC(C)OC(=O)C=C. The summed E-state index contributed by atoms with van der Waals surface area (Å²) in [7, 11) is 0. The summed E-state index contributed by atoms with van der Waals surface area (Å²) in [5, 5.41) is 0. The Morgan fingerprint density at radius 1 is 0.839 bits per heavy atom. The first-order valence-electron chi connectivity index (χ1n) is 8.60. The van der Waals surface area contributed by atoms with Crippen LogP contribution in [0.25, 0.3) is 0 Å². The molecule has 0 spiro atoms. The number of carbonyl (C=O) groups excluding carboxylic acids is 4. The van der Waals surface area contributed by atoms with E-state index < -0.39 is 42.5 Å². The predicted molar refractivity (Wildman–Crippen MR) is 104 cm³/mol. The molecule has 0 aliphatic carbocycles. The molecule has 1 aromatic rings. The molecule has 1 rings (SSSR count). The van der Waals surface area contributed by atoms with Gasteiger partial charge in [0.15, 0.2) is 11.5 Å². The molecule has 2 amide bonds. The zero-order valence-corrected chi connectivity index (χ0v) is 17.0. The maximum absolute atomic E-state index is 11.5. The molecule has 0 aliphatic rings. The largest absolute Gasteiger partial charge is 0.451 e. The first-order valence-corrected chi connectivity index (χ1v) is 8.60. The minimum Gasteiger partial charge on any atom is -0.451 e. The van der Waals surface area contributed by atoms with Gasteiger partial charge in [-0.15, -0.1) is 0 Å². The zero-order chi connectivity index (χ0) is 23.7. The number of primary amides is 2. The number of hydrogen-bond acceptors (Lipinski definition) is 10. The lowest BCUT2D eigenvalue weighted by molar-refractivity contribution is -0.158. The number of nitrogens with two attached hydrogens (primary N) is 2. The van der Waals surface area contributed by atoms with Crippen LogP contribution in [-0.4, -0.2) is 36.7 Å². The molecule has 31 heavy (non-hydrogen) atoms. The average molecular weight is 438 g/mol. The summed E-state index contributed by atoms with van der Waals surface area (Å²) in [6.45, 7) is 10.8. The molecule has 0 aromatic heterocycles. The van der Waals surface area contributed by atoms with Crippen LogP contribution >= 0.6 is 0 Å². The number of aryl methyl sites for hydroxylation is 1. The zero-order valence-electron chi connectivity index (χ0n) is 17.0. The molecule has 0 fully saturated rings. The van der Waals surface area contributed by atoms with Crippen molar-refractivity contribution in [3.63, 3.8) is 0 Å². The van der Waals surface area contributed by atoms with Crippen molar-refractivity contribution >= 4 is 24.1 Å². The molecule has 168 valence electrons. The third-order valence-electron chi connectivity index (χ3n) is 3.22. The van der Waals surface area contributed by atoms with Gasteiger partial charge < -0.3 is 39.9 Å². The van der Waals surface area contributed by atoms with Crippen LogP contribution in [0, 0.1) is 6.92 Å². The van der Waals surface area contributed by atoms with E-state index >= 15 is 0 Å². The molecule has 0 aliphatic heterocycles. The normalized spacial score (nSPS) is 11.8. The van der Waals surface area contributed by atoms with Gasteiger partial charge in [-0.1, -0.05) is 13.2 Å². The highest BCUT2D eigenvalue weighted by atomic mass is 16.7. The van der Waals surface area contributed by atoms with Gasteiger partial charge in [0.05, 0.1) is 0 Å². The summed E-state index contributed by atoms with van der Waals surface area (Å²) < 4.78 is 30.7. The van der Waals surface area contributed by atoms with Crippen LogP contribution in [0.4, 0.5) is 9.59 Å². The Labute approximate surface area is 177 Å². The van der Waals surface area contributed by atoms with Crippen molar-refractivity contribution in [2.75, 3.05) is 0 Å². The molecule has 0 radical (unpaired) electrons. The lowest BCUT2D eigenvalue weighted by atomic mass is 10.1. The molecule has 2 unspecified atom stereocenters. The van der Waals surface area contributed by atoms with E-state index in [1.54, 1.807) is 0 Å². The number of amides is 2. The van der Waals surface area contributed by atoms with Crippen LogP contribution < -0.4 is 30.4 Å². The topological polar surface area (TPSA) is 176 Å². The molecule has 1 aromatic carbocycles. The first-order chi connectivity index (χ1) is 14.5. The van der Waals surface area contributed by atoms with Crippen LogP contribution in [0.15, 0.2) is 31.4 Å². The van der Waals surface area contributed by atoms with Crippen molar-refractivity contribution in [1.82, 2.24) is 0 Å². The predicted octanol–water partition coefficient (Wildman–Crippen LogP) is 1.82. The van der Waals surface area contributed by atoms with Gasteiger partial charge in [-0.05, 0) is 18.6 Å². The molecule has 0 bridgehead atoms. The fraction of sp³-hybridized carbons (Fsp3) is 0.263. The van der Waals surface area contributed by atoms with Gasteiger partial charge in [0.1, 0.15) is 0 Å². The van der Waals surface area contributed by atoms with E-state index in [1.807, 2.05) is 0 Å². The molecule has 0 heterocycles. The van der Waals surface area contributed by atoms with Crippen LogP contribution in [0.2, 0.25) is 0 Å². The summed E-state index contributed by atoms with van der Waals surface area (Å²) in [4.78, 5) is 45.6. The molecule has 4 N–H and O–H groups in total. The maximum atomic E-state index is 11.5. The summed E-state index contributed by atoms with van der Waals surface area (Å²) >= 11 is 0. The van der Waals surface area contributed by atoms with E-state index in [0.29, 0.717) is 0 Å². The Hall–Kier alpha value is -4.22. The van der Waals surface area contributed by atoms with Gasteiger partial charge >= 0.3 is 24.1 Å². The van der Waals surface area contributed by atoms with Crippen LogP contribution in [0.5, 0.6) is 23.0 Å². The smallest absolute Gasteiger partial charge is 0.410 e. The minimum atomic E-state index is -1.30. The Balaban J connectivity index is 3.56. The first kappa shape index (κ1) is 24.8. The fourth-order valence-corrected chi connectivity index (χ4v) is 2.16. The van der Waals surface area contributed by atoms with Gasteiger partial charge in [0.25, 0.3) is 0 Å². The number of hydrogen-bond donors (Lipinski definition) is 2. The second-order valence-corrected chi connectivity index (χ2v) is 5.67. The van der Waals surface area contributed by atoms with E-state index in [-0.39, 0.29) is 22.8 Å². The number of carbonyl (C=O) groups is 4. The third-order valence-corrected chi connectivity index (χ3v) is 3.22. The summed E-state index contributed by atoms with van der Waals surface area (Å²) in [5.74, 6) is -2.91. The second-order valence-electron chi connectivity index (χ2n) is 5.67. The Morgan fingerprint density at radius 3 is 1.71 bits per heavy atom. The number of esters is 2. The number of benzene rings is 1. The van der Waals surface area contributed by atoms with E-state index in [2.05, 4.69) is 13.2 Å². The molecular formula is C19H22N2O10. The van der Waals surface area contributed by atoms with Gasteiger partial charge in [-0.25, -0.2) is 19.2 Å². The highest BCUT2D eigenvalue weighted by Crippen LogP contribution is 2.48. The summed E-state index contributed by atoms with van der Waals surface area (Å²) in [6.07, 6.45) is -3.14. The molecular weight excluding hydrogens is 416 g/mol.